The maximum atomic E-state index is 10.7. The molecule has 1 amide bonds. The largest absolute Gasteiger partial charge is 0.369 e. The molecule has 0 unspecified atom stereocenters. The Balaban J connectivity index is 0. The molecule has 1 heterocycles. The number of carbonyl (C=O) groups is 1. The monoisotopic (exact) mass is 243 g/mol. The van der Waals surface area contributed by atoms with Crippen LogP contribution >= 0.6 is 24.8 Å². The molecule has 0 aromatic carbocycles. The molecule has 6 heteroatoms. The van der Waals surface area contributed by atoms with Gasteiger partial charge in [0, 0.05) is 25.2 Å². The van der Waals surface area contributed by atoms with Crippen molar-refractivity contribution in [2.24, 2.45) is 5.73 Å². The van der Waals surface area contributed by atoms with E-state index in [2.05, 4.69) is 24.1 Å². The summed E-state index contributed by atoms with van der Waals surface area (Å²) in [4.78, 5) is 12.8. The average molecular weight is 244 g/mol. The normalized spacial score (nSPS) is 20.4. The van der Waals surface area contributed by atoms with Crippen molar-refractivity contribution >= 4 is 30.7 Å². The molecule has 1 aliphatic rings. The molecule has 86 valence electrons. The summed E-state index contributed by atoms with van der Waals surface area (Å²) < 4.78 is 0. The van der Waals surface area contributed by atoms with E-state index in [1.807, 2.05) is 0 Å². The summed E-state index contributed by atoms with van der Waals surface area (Å²) in [5.41, 5.74) is 5.19. The van der Waals surface area contributed by atoms with Gasteiger partial charge in [-0.05, 0) is 13.8 Å². The second-order valence-corrected chi connectivity index (χ2v) is 3.88. The van der Waals surface area contributed by atoms with Crippen LogP contribution in [-0.2, 0) is 4.79 Å². The van der Waals surface area contributed by atoms with Crippen LogP contribution in [0.1, 0.15) is 13.8 Å². The van der Waals surface area contributed by atoms with Gasteiger partial charge < -0.3 is 11.1 Å². The first-order valence-corrected chi connectivity index (χ1v) is 4.26. The molecule has 1 rings (SSSR count). The third kappa shape index (κ3) is 4.46. The van der Waals surface area contributed by atoms with E-state index < -0.39 is 0 Å². The lowest BCUT2D eigenvalue weighted by molar-refractivity contribution is -0.120. The molecule has 0 spiro atoms. The smallest absolute Gasteiger partial charge is 0.231 e. The molecule has 0 radical (unpaired) electrons. The predicted octanol–water partition coefficient (Wildman–Crippen LogP) is -0.000900. The van der Waals surface area contributed by atoms with Crippen molar-refractivity contribution in [2.75, 3.05) is 26.2 Å². The summed E-state index contributed by atoms with van der Waals surface area (Å²) >= 11 is 0. The molecule has 0 aliphatic carbocycles. The molecule has 1 fully saturated rings. The maximum Gasteiger partial charge on any atom is 0.231 e. The van der Waals surface area contributed by atoms with E-state index in [1.54, 1.807) is 0 Å². The number of piperazine rings is 1. The van der Waals surface area contributed by atoms with Crippen molar-refractivity contribution in [3.8, 4) is 0 Å². The minimum absolute atomic E-state index is 0. The van der Waals surface area contributed by atoms with E-state index in [-0.39, 0.29) is 36.3 Å². The number of primary amides is 1. The van der Waals surface area contributed by atoms with Gasteiger partial charge in [0.05, 0.1) is 6.54 Å². The Hall–Kier alpha value is -0.0300. The Morgan fingerprint density at radius 3 is 2.50 bits per heavy atom. The highest BCUT2D eigenvalue weighted by atomic mass is 35.5. The van der Waals surface area contributed by atoms with Crippen LogP contribution in [0.5, 0.6) is 0 Å². The molecule has 0 saturated carbocycles. The third-order valence-corrected chi connectivity index (χ3v) is 2.32. The number of nitrogens with two attached hydrogens (primary N) is 1. The van der Waals surface area contributed by atoms with Crippen LogP contribution in [-0.4, -0.2) is 42.5 Å². The molecule has 0 aromatic rings. The van der Waals surface area contributed by atoms with Crippen LogP contribution in [0.25, 0.3) is 0 Å². The standard InChI is InChI=1S/C8H17N3O.2ClH/c1-8(2)6-10-3-4-11(8)5-7(9)12;;/h10H,3-6H2,1-2H3,(H2,9,12);2*1H. The summed E-state index contributed by atoms with van der Waals surface area (Å²) in [5.74, 6) is -0.245. The Bertz CT molecular complexity index is 187. The lowest BCUT2D eigenvalue weighted by Gasteiger charge is -2.42. The summed E-state index contributed by atoms with van der Waals surface area (Å²) in [6.45, 7) is 7.35. The third-order valence-electron chi connectivity index (χ3n) is 2.32. The number of nitrogens with zero attached hydrogens (tertiary/aromatic N) is 1. The predicted molar refractivity (Wildman–Crippen MR) is 62.2 cm³/mol. The van der Waals surface area contributed by atoms with Gasteiger partial charge in [-0.3, -0.25) is 9.69 Å². The molecule has 0 bridgehead atoms. The quantitative estimate of drug-likeness (QED) is 0.718. The topological polar surface area (TPSA) is 58.4 Å². The van der Waals surface area contributed by atoms with Crippen molar-refractivity contribution in [1.29, 1.82) is 0 Å². The molecule has 0 aromatic heterocycles. The molecule has 14 heavy (non-hydrogen) atoms. The SMILES string of the molecule is CC1(C)CNCCN1CC(N)=O.Cl.Cl. The van der Waals surface area contributed by atoms with E-state index in [1.165, 1.54) is 0 Å². The van der Waals surface area contributed by atoms with E-state index in [0.29, 0.717) is 6.54 Å². The first-order chi connectivity index (χ1) is 5.52. The maximum absolute atomic E-state index is 10.7. The lowest BCUT2D eigenvalue weighted by atomic mass is 10.0. The minimum atomic E-state index is -0.245. The van der Waals surface area contributed by atoms with Crippen molar-refractivity contribution in [3.05, 3.63) is 0 Å². The summed E-state index contributed by atoms with van der Waals surface area (Å²) in [6.07, 6.45) is 0. The van der Waals surface area contributed by atoms with E-state index >= 15 is 0 Å². The number of amides is 1. The first kappa shape index (κ1) is 16.4. The van der Waals surface area contributed by atoms with Gasteiger partial charge in [-0.1, -0.05) is 0 Å². The Morgan fingerprint density at radius 2 is 2.07 bits per heavy atom. The van der Waals surface area contributed by atoms with Crippen LogP contribution in [0.3, 0.4) is 0 Å². The molecule has 1 aliphatic heterocycles. The zero-order valence-electron chi connectivity index (χ0n) is 8.58. The summed E-state index contributed by atoms with van der Waals surface area (Å²) in [7, 11) is 0. The fourth-order valence-corrected chi connectivity index (χ4v) is 1.50. The summed E-state index contributed by atoms with van der Waals surface area (Å²) in [5, 5.41) is 3.28. The van der Waals surface area contributed by atoms with Gasteiger partial charge in [0.25, 0.3) is 0 Å². The highest BCUT2D eigenvalue weighted by Crippen LogP contribution is 2.14. The van der Waals surface area contributed by atoms with Crippen LogP contribution in [0, 0.1) is 0 Å². The van der Waals surface area contributed by atoms with Gasteiger partial charge >= 0.3 is 0 Å². The van der Waals surface area contributed by atoms with Crippen LogP contribution < -0.4 is 11.1 Å². The van der Waals surface area contributed by atoms with Crippen molar-refractivity contribution in [2.45, 2.75) is 19.4 Å². The highest BCUT2D eigenvalue weighted by molar-refractivity contribution is 5.85. The number of hydrogen-bond acceptors (Lipinski definition) is 3. The molecule has 3 N–H and O–H groups in total. The van der Waals surface area contributed by atoms with Crippen LogP contribution in [0.15, 0.2) is 0 Å². The van der Waals surface area contributed by atoms with Gasteiger partial charge in [0.1, 0.15) is 0 Å². The molecule has 4 nitrogen and oxygen atoms in total. The van der Waals surface area contributed by atoms with E-state index in [0.717, 1.165) is 19.6 Å². The van der Waals surface area contributed by atoms with Gasteiger partial charge in [-0.25, -0.2) is 0 Å². The second kappa shape index (κ2) is 6.45. The van der Waals surface area contributed by atoms with Crippen LogP contribution in [0.4, 0.5) is 0 Å². The van der Waals surface area contributed by atoms with Gasteiger partial charge in [0.15, 0.2) is 0 Å². The van der Waals surface area contributed by atoms with Gasteiger partial charge in [-0.2, -0.15) is 0 Å². The fraction of sp³-hybridized carbons (Fsp3) is 0.875. The number of nitrogens with one attached hydrogen (secondary N) is 1. The molecular weight excluding hydrogens is 225 g/mol. The van der Waals surface area contributed by atoms with Crippen molar-refractivity contribution in [3.63, 3.8) is 0 Å². The first-order valence-electron chi connectivity index (χ1n) is 4.26. The molecule has 0 atom stereocenters. The molecular formula is C8H19Cl2N3O. The van der Waals surface area contributed by atoms with Crippen LogP contribution in [0.2, 0.25) is 0 Å². The number of halogens is 2. The number of rotatable bonds is 2. The van der Waals surface area contributed by atoms with E-state index in [9.17, 15) is 4.79 Å². The summed E-state index contributed by atoms with van der Waals surface area (Å²) in [6, 6.07) is 0. The average Bonchev–Trinajstić information content (AvgIpc) is 1.92. The number of carbonyl (C=O) groups excluding carboxylic acids is 1. The Kier molecular flexibility index (Phi) is 7.56. The zero-order valence-corrected chi connectivity index (χ0v) is 10.2. The number of hydrogen-bond donors (Lipinski definition) is 2. The lowest BCUT2D eigenvalue weighted by Crippen LogP contribution is -2.59. The van der Waals surface area contributed by atoms with Gasteiger partial charge in [0.2, 0.25) is 5.91 Å². The van der Waals surface area contributed by atoms with Gasteiger partial charge in [-0.15, -0.1) is 24.8 Å². The van der Waals surface area contributed by atoms with E-state index in [4.69, 9.17) is 5.73 Å². The van der Waals surface area contributed by atoms with Crippen molar-refractivity contribution < 1.29 is 4.79 Å². The molecule has 1 saturated heterocycles. The van der Waals surface area contributed by atoms with Crippen molar-refractivity contribution in [1.82, 2.24) is 10.2 Å². The zero-order chi connectivity index (χ0) is 9.19. The Labute approximate surface area is 97.4 Å². The fourth-order valence-electron chi connectivity index (χ4n) is 1.50. The Morgan fingerprint density at radius 1 is 1.50 bits per heavy atom. The second-order valence-electron chi connectivity index (χ2n) is 3.88. The minimum Gasteiger partial charge on any atom is -0.369 e. The highest BCUT2D eigenvalue weighted by Gasteiger charge is 2.29.